The predicted molar refractivity (Wildman–Crippen MR) is 95.6 cm³/mol. The fraction of sp³-hybridized carbons (Fsp3) is 0.0556. The topological polar surface area (TPSA) is 107 Å². The van der Waals surface area contributed by atoms with Gasteiger partial charge in [0.05, 0.1) is 4.92 Å². The molecule has 0 aliphatic heterocycles. The first kappa shape index (κ1) is 17.0. The maximum atomic E-state index is 12.4. The second-order valence-electron chi connectivity index (χ2n) is 5.48. The van der Waals surface area contributed by atoms with Gasteiger partial charge in [-0.2, -0.15) is 5.10 Å². The van der Waals surface area contributed by atoms with Crippen LogP contribution in [0.4, 0.5) is 11.4 Å². The van der Waals surface area contributed by atoms with E-state index >= 15 is 0 Å². The molecular weight excluding hydrogens is 336 g/mol. The highest BCUT2D eigenvalue weighted by atomic mass is 16.6. The zero-order chi connectivity index (χ0) is 18.7. The molecule has 8 nitrogen and oxygen atoms in total. The number of nitrogens with one attached hydrogen (secondary N) is 1. The molecule has 1 aromatic heterocycles. The summed E-state index contributed by atoms with van der Waals surface area (Å²) in [7, 11) is 0. The largest absolute Gasteiger partial charge is 0.320 e. The van der Waals surface area contributed by atoms with Crippen LogP contribution in [0.15, 0.2) is 65.5 Å². The summed E-state index contributed by atoms with van der Waals surface area (Å²) in [4.78, 5) is 35.3. The third-order valence-electron chi connectivity index (χ3n) is 3.66. The number of nitrogens with zero attached hydrogens (tertiary/aromatic N) is 3. The molecule has 0 unspecified atom stereocenters. The van der Waals surface area contributed by atoms with E-state index in [2.05, 4.69) is 10.4 Å². The zero-order valence-corrected chi connectivity index (χ0v) is 13.7. The Morgan fingerprint density at radius 1 is 1.12 bits per heavy atom. The van der Waals surface area contributed by atoms with Crippen LogP contribution in [0.5, 0.6) is 0 Å². The lowest BCUT2D eigenvalue weighted by molar-refractivity contribution is -0.384. The molecule has 2 aromatic carbocycles. The van der Waals surface area contributed by atoms with Crippen LogP contribution in [0.2, 0.25) is 0 Å². The smallest absolute Gasteiger partial charge is 0.294 e. The van der Waals surface area contributed by atoms with E-state index in [1.54, 1.807) is 43.3 Å². The SMILES string of the molecule is Cc1cc(=O)c(C(=O)Nc2ccccc2)nn1-c1ccccc1[N+](=O)[O-]. The Labute approximate surface area is 147 Å². The van der Waals surface area contributed by atoms with Gasteiger partial charge in [0.15, 0.2) is 5.69 Å². The molecular formula is C18H14N4O4. The quantitative estimate of drug-likeness (QED) is 0.575. The van der Waals surface area contributed by atoms with Gasteiger partial charge in [-0.05, 0) is 25.1 Å². The number of benzene rings is 2. The van der Waals surface area contributed by atoms with Gasteiger partial charge in [0.25, 0.3) is 11.6 Å². The van der Waals surface area contributed by atoms with Gasteiger partial charge in [-0.25, -0.2) is 4.68 Å². The van der Waals surface area contributed by atoms with Crippen LogP contribution in [0.25, 0.3) is 5.69 Å². The van der Waals surface area contributed by atoms with E-state index in [1.807, 2.05) is 0 Å². The summed E-state index contributed by atoms with van der Waals surface area (Å²) in [6.07, 6.45) is 0. The minimum atomic E-state index is -0.687. The Kier molecular flexibility index (Phi) is 4.57. The Morgan fingerprint density at radius 3 is 2.46 bits per heavy atom. The molecule has 1 N–H and O–H groups in total. The molecule has 1 amide bonds. The van der Waals surface area contributed by atoms with Gasteiger partial charge in [-0.1, -0.05) is 30.3 Å². The van der Waals surface area contributed by atoms with Crippen molar-refractivity contribution < 1.29 is 9.72 Å². The minimum absolute atomic E-state index is 0.170. The van der Waals surface area contributed by atoms with Crippen molar-refractivity contribution >= 4 is 17.3 Å². The number of aromatic nitrogens is 2. The number of rotatable bonds is 4. The van der Waals surface area contributed by atoms with Crippen LogP contribution < -0.4 is 10.7 Å². The fourth-order valence-electron chi connectivity index (χ4n) is 2.46. The van der Waals surface area contributed by atoms with Crippen LogP contribution >= 0.6 is 0 Å². The number of hydrogen-bond acceptors (Lipinski definition) is 5. The van der Waals surface area contributed by atoms with E-state index < -0.39 is 16.3 Å². The lowest BCUT2D eigenvalue weighted by atomic mass is 10.2. The lowest BCUT2D eigenvalue weighted by Crippen LogP contribution is -2.27. The number of nitro groups is 1. The van der Waals surface area contributed by atoms with Crippen molar-refractivity contribution in [2.24, 2.45) is 0 Å². The van der Waals surface area contributed by atoms with Crippen LogP contribution in [-0.4, -0.2) is 20.6 Å². The lowest BCUT2D eigenvalue weighted by Gasteiger charge is -2.11. The number of carbonyl (C=O) groups is 1. The van der Waals surface area contributed by atoms with Gasteiger partial charge in [-0.15, -0.1) is 0 Å². The molecule has 0 atom stereocenters. The number of para-hydroxylation sites is 3. The molecule has 0 spiro atoms. The van der Waals surface area contributed by atoms with Crippen molar-refractivity contribution in [1.29, 1.82) is 0 Å². The highest BCUT2D eigenvalue weighted by Gasteiger charge is 2.20. The summed E-state index contributed by atoms with van der Waals surface area (Å²) in [5.74, 6) is -0.687. The van der Waals surface area contributed by atoms with Gasteiger partial charge in [0.2, 0.25) is 5.43 Å². The molecule has 0 aliphatic rings. The Hall–Kier alpha value is -3.81. The zero-order valence-electron chi connectivity index (χ0n) is 13.7. The van der Waals surface area contributed by atoms with Crippen molar-refractivity contribution in [2.45, 2.75) is 6.92 Å². The van der Waals surface area contributed by atoms with Crippen LogP contribution in [0.1, 0.15) is 16.2 Å². The number of anilines is 1. The van der Waals surface area contributed by atoms with Gasteiger partial charge in [0, 0.05) is 23.5 Å². The molecule has 3 rings (SSSR count). The van der Waals surface area contributed by atoms with E-state index in [-0.39, 0.29) is 17.1 Å². The maximum Gasteiger partial charge on any atom is 0.294 e. The summed E-state index contributed by atoms with van der Waals surface area (Å²) in [5.41, 5.74) is -0.0367. The Morgan fingerprint density at radius 2 is 1.77 bits per heavy atom. The number of carbonyl (C=O) groups excluding carboxylic acids is 1. The maximum absolute atomic E-state index is 12.4. The summed E-state index contributed by atoms with van der Waals surface area (Å²) in [6, 6.07) is 15.8. The third kappa shape index (κ3) is 3.34. The molecule has 0 radical (unpaired) electrons. The van der Waals surface area contributed by atoms with Crippen molar-refractivity contribution in [2.75, 3.05) is 5.32 Å². The Bertz CT molecular complexity index is 1040. The average Bonchev–Trinajstić information content (AvgIpc) is 2.62. The number of amides is 1. The summed E-state index contributed by atoms with van der Waals surface area (Å²) < 4.78 is 1.22. The molecule has 0 saturated carbocycles. The molecule has 0 bridgehead atoms. The first-order valence-electron chi connectivity index (χ1n) is 7.68. The van der Waals surface area contributed by atoms with E-state index in [1.165, 1.54) is 28.9 Å². The highest BCUT2D eigenvalue weighted by molar-refractivity contribution is 6.02. The minimum Gasteiger partial charge on any atom is -0.320 e. The molecule has 1 heterocycles. The monoisotopic (exact) mass is 350 g/mol. The average molecular weight is 350 g/mol. The second-order valence-corrected chi connectivity index (χ2v) is 5.48. The van der Waals surface area contributed by atoms with Crippen LogP contribution in [0, 0.1) is 17.0 Å². The second kappa shape index (κ2) is 6.98. The molecule has 0 fully saturated rings. The van der Waals surface area contributed by atoms with E-state index in [0.29, 0.717) is 11.4 Å². The highest BCUT2D eigenvalue weighted by Crippen LogP contribution is 2.22. The van der Waals surface area contributed by atoms with Gasteiger partial charge >= 0.3 is 0 Å². The summed E-state index contributed by atoms with van der Waals surface area (Å²) in [5, 5.41) is 17.9. The Balaban J connectivity index is 2.07. The normalized spacial score (nSPS) is 10.3. The van der Waals surface area contributed by atoms with Crippen LogP contribution in [0.3, 0.4) is 0 Å². The number of hydrogen-bond donors (Lipinski definition) is 1. The van der Waals surface area contributed by atoms with E-state index in [9.17, 15) is 19.7 Å². The van der Waals surface area contributed by atoms with E-state index in [4.69, 9.17) is 0 Å². The third-order valence-corrected chi connectivity index (χ3v) is 3.66. The van der Waals surface area contributed by atoms with Crippen molar-refractivity contribution in [1.82, 2.24) is 9.78 Å². The van der Waals surface area contributed by atoms with Crippen LogP contribution in [-0.2, 0) is 0 Å². The van der Waals surface area contributed by atoms with Gasteiger partial charge < -0.3 is 5.32 Å². The molecule has 3 aromatic rings. The van der Waals surface area contributed by atoms with Gasteiger partial charge in [0.1, 0.15) is 5.69 Å². The first-order valence-corrected chi connectivity index (χ1v) is 7.68. The fourth-order valence-corrected chi connectivity index (χ4v) is 2.46. The molecule has 130 valence electrons. The molecule has 0 aliphatic carbocycles. The first-order chi connectivity index (χ1) is 12.5. The number of nitro benzene ring substituents is 1. The van der Waals surface area contributed by atoms with Gasteiger partial charge in [-0.3, -0.25) is 19.7 Å². The predicted octanol–water partition coefficient (Wildman–Crippen LogP) is 2.70. The van der Waals surface area contributed by atoms with Crippen molar-refractivity contribution in [3.63, 3.8) is 0 Å². The summed E-state index contributed by atoms with van der Waals surface area (Å²) >= 11 is 0. The van der Waals surface area contributed by atoms with Crippen molar-refractivity contribution in [3.05, 3.63) is 92.4 Å². The van der Waals surface area contributed by atoms with Crippen molar-refractivity contribution in [3.8, 4) is 5.69 Å². The molecule has 0 saturated heterocycles. The number of aryl methyl sites for hydroxylation is 1. The summed E-state index contributed by atoms with van der Waals surface area (Å²) in [6.45, 7) is 1.59. The standard InChI is InChI=1S/C18H14N4O4/c1-12-11-16(23)17(18(24)19-13-7-3-2-4-8-13)20-21(12)14-9-5-6-10-15(14)22(25)26/h2-11H,1H3,(H,19,24). The van der Waals surface area contributed by atoms with E-state index in [0.717, 1.165) is 0 Å². The molecule has 26 heavy (non-hydrogen) atoms. The molecule has 8 heteroatoms.